The third-order valence-electron chi connectivity index (χ3n) is 2.98. The maximum atomic E-state index is 12.2. The number of urea groups is 1. The van der Waals surface area contributed by atoms with Crippen LogP contribution in [0.2, 0.25) is 0 Å². The third kappa shape index (κ3) is 4.52. The maximum Gasteiger partial charge on any atom is 0.326 e. The summed E-state index contributed by atoms with van der Waals surface area (Å²) in [6.45, 7) is 8.28. The van der Waals surface area contributed by atoms with Gasteiger partial charge in [-0.2, -0.15) is 0 Å². The van der Waals surface area contributed by atoms with Gasteiger partial charge in [-0.1, -0.05) is 26.8 Å². The van der Waals surface area contributed by atoms with Gasteiger partial charge in [0.1, 0.15) is 6.04 Å². The predicted molar refractivity (Wildman–Crippen MR) is 79.8 cm³/mol. The van der Waals surface area contributed by atoms with Crippen LogP contribution in [-0.2, 0) is 11.3 Å². The van der Waals surface area contributed by atoms with Gasteiger partial charge in [-0.15, -0.1) is 11.3 Å². The minimum atomic E-state index is -1.02. The summed E-state index contributed by atoms with van der Waals surface area (Å²) < 4.78 is 0. The van der Waals surface area contributed by atoms with Crippen LogP contribution in [0.3, 0.4) is 0 Å². The molecule has 0 spiro atoms. The first kappa shape index (κ1) is 16.5. The van der Waals surface area contributed by atoms with E-state index in [9.17, 15) is 14.7 Å². The molecule has 0 saturated heterocycles. The van der Waals surface area contributed by atoms with Gasteiger partial charge in [0.25, 0.3) is 0 Å². The van der Waals surface area contributed by atoms with E-state index < -0.39 is 17.4 Å². The lowest BCUT2D eigenvalue weighted by molar-refractivity contribution is -0.142. The standard InChI is InChI=1S/C14H22N2O3S/c1-5-16(9-10-7-6-8-20-10)13(19)15-11(12(17)18)14(2,3)4/h6-8,11H,5,9H2,1-4H3,(H,15,19)(H,17,18)/t11-/m0/s1. The lowest BCUT2D eigenvalue weighted by Gasteiger charge is -2.30. The topological polar surface area (TPSA) is 69.6 Å². The molecule has 0 saturated carbocycles. The number of carbonyl (C=O) groups is 2. The van der Waals surface area contributed by atoms with E-state index in [2.05, 4.69) is 5.32 Å². The Kier molecular flexibility index (Phi) is 5.56. The van der Waals surface area contributed by atoms with Crippen LogP contribution < -0.4 is 5.32 Å². The fraction of sp³-hybridized carbons (Fsp3) is 0.571. The van der Waals surface area contributed by atoms with Crippen molar-refractivity contribution in [3.63, 3.8) is 0 Å². The Morgan fingerprint density at radius 2 is 2.10 bits per heavy atom. The zero-order valence-corrected chi connectivity index (χ0v) is 13.2. The molecule has 0 unspecified atom stereocenters. The normalized spacial score (nSPS) is 12.8. The first-order chi connectivity index (χ1) is 9.25. The van der Waals surface area contributed by atoms with Gasteiger partial charge in [-0.25, -0.2) is 9.59 Å². The van der Waals surface area contributed by atoms with Crippen LogP contribution in [0.1, 0.15) is 32.6 Å². The number of thiophene rings is 1. The molecule has 1 rings (SSSR count). The van der Waals surface area contributed by atoms with Crippen LogP contribution >= 0.6 is 11.3 Å². The van der Waals surface area contributed by atoms with Crippen LogP contribution in [-0.4, -0.2) is 34.6 Å². The smallest absolute Gasteiger partial charge is 0.326 e. The van der Waals surface area contributed by atoms with E-state index in [1.54, 1.807) is 37.0 Å². The van der Waals surface area contributed by atoms with E-state index in [0.717, 1.165) is 4.88 Å². The minimum Gasteiger partial charge on any atom is -0.480 e. The molecule has 0 aromatic carbocycles. The Labute approximate surface area is 123 Å². The zero-order valence-electron chi connectivity index (χ0n) is 12.3. The molecule has 2 N–H and O–H groups in total. The number of nitrogens with zero attached hydrogens (tertiary/aromatic N) is 1. The second kappa shape index (κ2) is 6.74. The highest BCUT2D eigenvalue weighted by Gasteiger charge is 2.33. The number of carboxylic acid groups (broad SMARTS) is 1. The van der Waals surface area contributed by atoms with E-state index in [1.807, 2.05) is 24.4 Å². The summed E-state index contributed by atoms with van der Waals surface area (Å²) in [4.78, 5) is 26.2. The minimum absolute atomic E-state index is 0.344. The van der Waals surface area contributed by atoms with E-state index in [0.29, 0.717) is 13.1 Å². The van der Waals surface area contributed by atoms with Crippen molar-refractivity contribution in [2.75, 3.05) is 6.54 Å². The number of rotatable bonds is 5. The van der Waals surface area contributed by atoms with Crippen molar-refractivity contribution in [2.45, 2.75) is 40.3 Å². The molecule has 0 fully saturated rings. The molecule has 1 atom stereocenters. The van der Waals surface area contributed by atoms with Crippen molar-refractivity contribution >= 4 is 23.3 Å². The van der Waals surface area contributed by atoms with Gasteiger partial charge in [0.15, 0.2) is 0 Å². The van der Waals surface area contributed by atoms with Crippen molar-refractivity contribution in [3.05, 3.63) is 22.4 Å². The average molecular weight is 298 g/mol. The molecule has 6 heteroatoms. The van der Waals surface area contributed by atoms with Crippen molar-refractivity contribution in [3.8, 4) is 0 Å². The van der Waals surface area contributed by atoms with E-state index in [1.165, 1.54) is 0 Å². The van der Waals surface area contributed by atoms with Gasteiger partial charge in [0.2, 0.25) is 0 Å². The van der Waals surface area contributed by atoms with Gasteiger partial charge < -0.3 is 15.3 Å². The van der Waals surface area contributed by atoms with Crippen molar-refractivity contribution in [1.29, 1.82) is 0 Å². The predicted octanol–water partition coefficient (Wildman–Crippen LogP) is 2.78. The molecule has 0 aliphatic heterocycles. The quantitative estimate of drug-likeness (QED) is 0.878. The number of carbonyl (C=O) groups excluding carboxylic acids is 1. The van der Waals surface area contributed by atoms with E-state index in [4.69, 9.17) is 0 Å². The maximum absolute atomic E-state index is 12.2. The fourth-order valence-electron chi connectivity index (χ4n) is 1.78. The molecule has 1 aromatic rings. The molecule has 5 nitrogen and oxygen atoms in total. The second-order valence-electron chi connectivity index (χ2n) is 5.68. The molecule has 2 amide bonds. The van der Waals surface area contributed by atoms with Crippen LogP contribution in [0.5, 0.6) is 0 Å². The molecular weight excluding hydrogens is 276 g/mol. The molecule has 0 aliphatic rings. The van der Waals surface area contributed by atoms with Crippen LogP contribution in [0.15, 0.2) is 17.5 Å². The van der Waals surface area contributed by atoms with Gasteiger partial charge >= 0.3 is 12.0 Å². The number of hydrogen-bond acceptors (Lipinski definition) is 3. The molecule has 0 radical (unpaired) electrons. The molecule has 1 heterocycles. The Balaban J connectivity index is 2.73. The highest BCUT2D eigenvalue weighted by atomic mass is 32.1. The largest absolute Gasteiger partial charge is 0.480 e. The van der Waals surface area contributed by atoms with Gasteiger partial charge in [-0.3, -0.25) is 0 Å². The first-order valence-corrected chi connectivity index (χ1v) is 7.44. The summed E-state index contributed by atoms with van der Waals surface area (Å²) in [5.74, 6) is -1.02. The summed E-state index contributed by atoms with van der Waals surface area (Å²) in [5, 5.41) is 13.8. The van der Waals surface area contributed by atoms with Crippen molar-refractivity contribution in [1.82, 2.24) is 10.2 Å². The first-order valence-electron chi connectivity index (χ1n) is 6.56. The van der Waals surface area contributed by atoms with Crippen molar-refractivity contribution < 1.29 is 14.7 Å². The van der Waals surface area contributed by atoms with E-state index in [-0.39, 0.29) is 6.03 Å². The molecular formula is C14H22N2O3S. The summed E-state index contributed by atoms with van der Waals surface area (Å²) in [7, 11) is 0. The number of carboxylic acids is 1. The van der Waals surface area contributed by atoms with Gasteiger partial charge in [0, 0.05) is 11.4 Å². The SMILES string of the molecule is CCN(Cc1cccs1)C(=O)N[C@@H](C(=O)O)C(C)(C)C. The Morgan fingerprint density at radius 1 is 1.45 bits per heavy atom. The second-order valence-corrected chi connectivity index (χ2v) is 6.71. The molecule has 1 aromatic heterocycles. The molecule has 0 aliphatic carbocycles. The van der Waals surface area contributed by atoms with E-state index >= 15 is 0 Å². The summed E-state index contributed by atoms with van der Waals surface area (Å²) in [6.07, 6.45) is 0. The number of hydrogen-bond donors (Lipinski definition) is 2. The Hall–Kier alpha value is -1.56. The van der Waals surface area contributed by atoms with Crippen LogP contribution in [0.4, 0.5) is 4.79 Å². The van der Waals surface area contributed by atoms with Gasteiger partial charge in [-0.05, 0) is 23.8 Å². The third-order valence-corrected chi connectivity index (χ3v) is 3.84. The average Bonchev–Trinajstić information content (AvgIpc) is 2.83. The molecule has 0 bridgehead atoms. The van der Waals surface area contributed by atoms with Crippen molar-refractivity contribution in [2.24, 2.45) is 5.41 Å². The van der Waals surface area contributed by atoms with Crippen LogP contribution in [0.25, 0.3) is 0 Å². The number of aliphatic carboxylic acids is 1. The highest BCUT2D eigenvalue weighted by molar-refractivity contribution is 7.09. The summed E-state index contributed by atoms with van der Waals surface area (Å²) >= 11 is 1.58. The molecule has 112 valence electrons. The van der Waals surface area contributed by atoms with Gasteiger partial charge in [0.05, 0.1) is 6.54 Å². The number of amides is 2. The monoisotopic (exact) mass is 298 g/mol. The number of nitrogens with one attached hydrogen (secondary N) is 1. The Morgan fingerprint density at radius 3 is 2.50 bits per heavy atom. The Bertz CT molecular complexity index is 451. The summed E-state index contributed by atoms with van der Waals surface area (Å²) in [5.41, 5.74) is -0.538. The fourth-order valence-corrected chi connectivity index (χ4v) is 2.50. The summed E-state index contributed by atoms with van der Waals surface area (Å²) in [6, 6.07) is 2.63. The zero-order chi connectivity index (χ0) is 15.3. The molecule has 20 heavy (non-hydrogen) atoms. The lowest BCUT2D eigenvalue weighted by Crippen LogP contribution is -2.53. The lowest BCUT2D eigenvalue weighted by atomic mass is 9.87. The van der Waals surface area contributed by atoms with Crippen LogP contribution in [0, 0.1) is 5.41 Å². The highest BCUT2D eigenvalue weighted by Crippen LogP contribution is 2.20.